The van der Waals surface area contributed by atoms with Gasteiger partial charge in [-0.05, 0) is 31.3 Å². The molecule has 0 aromatic heterocycles. The van der Waals surface area contributed by atoms with Crippen LogP contribution in [-0.4, -0.2) is 19.0 Å². The standard InChI is InChI=1S/C9H19P/c1-8-6-4-5-7-9(8)10(2)3/h8-9H,4-7H2,1-3H3. The van der Waals surface area contributed by atoms with Gasteiger partial charge in [0.05, 0.1) is 0 Å². The zero-order valence-corrected chi connectivity index (χ0v) is 8.32. The van der Waals surface area contributed by atoms with E-state index in [4.69, 9.17) is 0 Å². The molecule has 0 bridgehead atoms. The van der Waals surface area contributed by atoms with Crippen molar-refractivity contribution in [2.75, 3.05) is 13.3 Å². The molecule has 2 atom stereocenters. The summed E-state index contributed by atoms with van der Waals surface area (Å²) in [6.45, 7) is 7.30. The normalized spacial score (nSPS) is 34.8. The molecule has 1 aliphatic carbocycles. The van der Waals surface area contributed by atoms with Gasteiger partial charge in [-0.15, -0.1) is 7.92 Å². The van der Waals surface area contributed by atoms with E-state index in [1.807, 2.05) is 0 Å². The lowest BCUT2D eigenvalue weighted by atomic mass is 9.90. The summed E-state index contributed by atoms with van der Waals surface area (Å²) in [6.07, 6.45) is 5.99. The van der Waals surface area contributed by atoms with Crippen LogP contribution in [0.2, 0.25) is 0 Å². The van der Waals surface area contributed by atoms with Crippen molar-refractivity contribution in [3.05, 3.63) is 0 Å². The lowest BCUT2D eigenvalue weighted by Gasteiger charge is -2.31. The molecule has 0 aromatic carbocycles. The second-order valence-corrected chi connectivity index (χ2v) is 6.38. The Morgan fingerprint density at radius 1 is 1.10 bits per heavy atom. The fourth-order valence-corrected chi connectivity index (χ4v) is 3.93. The number of hydrogen-bond donors (Lipinski definition) is 0. The molecular formula is C9H19P. The van der Waals surface area contributed by atoms with Crippen LogP contribution in [0.5, 0.6) is 0 Å². The van der Waals surface area contributed by atoms with Crippen LogP contribution in [0.3, 0.4) is 0 Å². The molecule has 1 fully saturated rings. The molecule has 10 heavy (non-hydrogen) atoms. The van der Waals surface area contributed by atoms with Crippen molar-refractivity contribution in [1.29, 1.82) is 0 Å². The highest BCUT2D eigenvalue weighted by Gasteiger charge is 2.23. The molecule has 1 aliphatic rings. The minimum atomic E-state index is 0.342. The molecule has 0 heterocycles. The van der Waals surface area contributed by atoms with Crippen LogP contribution in [0, 0.1) is 5.92 Å². The Bertz CT molecular complexity index is 98.9. The van der Waals surface area contributed by atoms with Gasteiger partial charge < -0.3 is 0 Å². The smallest absolute Gasteiger partial charge is 0.0188 e. The zero-order chi connectivity index (χ0) is 7.56. The first-order valence-electron chi connectivity index (χ1n) is 4.38. The third-order valence-electron chi connectivity index (χ3n) is 2.73. The van der Waals surface area contributed by atoms with Crippen molar-refractivity contribution < 1.29 is 0 Å². The molecule has 0 spiro atoms. The summed E-state index contributed by atoms with van der Waals surface area (Å²) in [5.41, 5.74) is 1.09. The SMILES string of the molecule is CC1CCCCC1P(C)C. The molecule has 0 saturated heterocycles. The van der Waals surface area contributed by atoms with Crippen molar-refractivity contribution in [3.8, 4) is 0 Å². The molecule has 1 saturated carbocycles. The molecule has 0 amide bonds. The summed E-state index contributed by atoms with van der Waals surface area (Å²) >= 11 is 0. The van der Waals surface area contributed by atoms with Gasteiger partial charge in [-0.3, -0.25) is 0 Å². The average Bonchev–Trinajstić information content (AvgIpc) is 1.88. The van der Waals surface area contributed by atoms with Crippen LogP contribution in [0.1, 0.15) is 32.6 Å². The minimum Gasteiger partial charge on any atom is -0.110 e. The van der Waals surface area contributed by atoms with Gasteiger partial charge in [0.2, 0.25) is 0 Å². The maximum atomic E-state index is 2.44. The van der Waals surface area contributed by atoms with Crippen LogP contribution < -0.4 is 0 Å². The summed E-state index contributed by atoms with van der Waals surface area (Å²) in [4.78, 5) is 0. The molecule has 1 heteroatoms. The summed E-state index contributed by atoms with van der Waals surface area (Å²) in [6, 6.07) is 0. The van der Waals surface area contributed by atoms with E-state index >= 15 is 0 Å². The van der Waals surface area contributed by atoms with Crippen LogP contribution in [0.25, 0.3) is 0 Å². The van der Waals surface area contributed by atoms with E-state index in [0.29, 0.717) is 7.92 Å². The first-order chi connectivity index (χ1) is 4.72. The van der Waals surface area contributed by atoms with Crippen molar-refractivity contribution in [2.45, 2.75) is 38.3 Å². The Morgan fingerprint density at radius 2 is 1.70 bits per heavy atom. The maximum absolute atomic E-state index is 2.44. The summed E-state index contributed by atoms with van der Waals surface area (Å²) < 4.78 is 0. The quantitative estimate of drug-likeness (QED) is 0.513. The monoisotopic (exact) mass is 158 g/mol. The van der Waals surface area contributed by atoms with Crippen LogP contribution in [0.15, 0.2) is 0 Å². The molecule has 0 radical (unpaired) electrons. The lowest BCUT2D eigenvalue weighted by molar-refractivity contribution is 0.394. The second kappa shape index (κ2) is 3.72. The Kier molecular flexibility index (Phi) is 3.17. The molecule has 0 nitrogen and oxygen atoms in total. The van der Waals surface area contributed by atoms with Crippen LogP contribution in [-0.2, 0) is 0 Å². The Hall–Kier alpha value is 0.430. The topological polar surface area (TPSA) is 0 Å². The molecule has 1 rings (SSSR count). The highest BCUT2D eigenvalue weighted by atomic mass is 31.1. The van der Waals surface area contributed by atoms with Gasteiger partial charge in [0, 0.05) is 0 Å². The Labute approximate surface area is 66.2 Å². The van der Waals surface area contributed by atoms with Crippen molar-refractivity contribution in [2.24, 2.45) is 5.92 Å². The molecule has 60 valence electrons. The maximum Gasteiger partial charge on any atom is -0.0188 e. The van der Waals surface area contributed by atoms with Crippen molar-refractivity contribution >= 4 is 7.92 Å². The molecule has 0 aromatic rings. The Balaban J connectivity index is 2.40. The van der Waals surface area contributed by atoms with Gasteiger partial charge in [-0.25, -0.2) is 0 Å². The molecule has 0 aliphatic heterocycles. The van der Waals surface area contributed by atoms with Crippen molar-refractivity contribution in [3.63, 3.8) is 0 Å². The van der Waals surface area contributed by atoms with Crippen LogP contribution >= 0.6 is 7.92 Å². The second-order valence-electron chi connectivity index (χ2n) is 3.79. The minimum absolute atomic E-state index is 0.342. The van der Waals surface area contributed by atoms with E-state index in [2.05, 4.69) is 20.3 Å². The lowest BCUT2D eigenvalue weighted by Crippen LogP contribution is -2.19. The van der Waals surface area contributed by atoms with E-state index in [0.717, 1.165) is 11.6 Å². The van der Waals surface area contributed by atoms with Gasteiger partial charge in [-0.1, -0.05) is 26.2 Å². The van der Waals surface area contributed by atoms with Gasteiger partial charge in [0.25, 0.3) is 0 Å². The van der Waals surface area contributed by atoms with Crippen LogP contribution in [0.4, 0.5) is 0 Å². The third-order valence-corrected chi connectivity index (χ3v) is 4.82. The third kappa shape index (κ3) is 1.95. The van der Waals surface area contributed by atoms with E-state index in [-0.39, 0.29) is 0 Å². The molecule has 2 unspecified atom stereocenters. The predicted octanol–water partition coefficient (Wildman–Crippen LogP) is 3.31. The zero-order valence-electron chi connectivity index (χ0n) is 7.43. The Morgan fingerprint density at radius 3 is 2.10 bits per heavy atom. The first-order valence-corrected chi connectivity index (χ1v) is 6.69. The van der Waals surface area contributed by atoms with E-state index in [9.17, 15) is 0 Å². The van der Waals surface area contributed by atoms with Gasteiger partial charge in [0.1, 0.15) is 0 Å². The number of rotatable bonds is 1. The predicted molar refractivity (Wildman–Crippen MR) is 50.2 cm³/mol. The average molecular weight is 158 g/mol. The van der Waals surface area contributed by atoms with E-state index < -0.39 is 0 Å². The largest absolute Gasteiger partial charge is 0.110 e. The van der Waals surface area contributed by atoms with Gasteiger partial charge >= 0.3 is 0 Å². The first kappa shape index (κ1) is 8.53. The summed E-state index contributed by atoms with van der Waals surface area (Å²) in [5, 5.41) is 0. The van der Waals surface area contributed by atoms with Gasteiger partial charge in [0.15, 0.2) is 0 Å². The highest BCUT2D eigenvalue weighted by Crippen LogP contribution is 2.44. The summed E-state index contributed by atoms with van der Waals surface area (Å²) in [7, 11) is 0.342. The molecule has 0 N–H and O–H groups in total. The van der Waals surface area contributed by atoms with Gasteiger partial charge in [-0.2, -0.15) is 0 Å². The fourth-order valence-electron chi connectivity index (χ4n) is 2.06. The molecular weight excluding hydrogens is 139 g/mol. The van der Waals surface area contributed by atoms with E-state index in [1.54, 1.807) is 0 Å². The van der Waals surface area contributed by atoms with E-state index in [1.165, 1.54) is 25.7 Å². The summed E-state index contributed by atoms with van der Waals surface area (Å²) in [5.74, 6) is 1.02. The number of hydrogen-bond acceptors (Lipinski definition) is 0. The highest BCUT2D eigenvalue weighted by molar-refractivity contribution is 7.56. The fraction of sp³-hybridized carbons (Fsp3) is 1.00. The van der Waals surface area contributed by atoms with Crippen molar-refractivity contribution in [1.82, 2.24) is 0 Å².